The summed E-state index contributed by atoms with van der Waals surface area (Å²) in [5.74, 6) is -0.418. The number of aliphatic hydroxyl groups is 2. The molecule has 3 aromatic carbocycles. The minimum atomic E-state index is -3.92. The monoisotopic (exact) mass is 656 g/mol. The average molecular weight is 657 g/mol. The van der Waals surface area contributed by atoms with E-state index in [-0.39, 0.29) is 55.9 Å². The summed E-state index contributed by atoms with van der Waals surface area (Å²) in [5.41, 5.74) is 1.57. The number of nitrogens with zero attached hydrogens (tertiary/aromatic N) is 1. The van der Waals surface area contributed by atoms with Crippen molar-refractivity contribution >= 4 is 22.0 Å². The summed E-state index contributed by atoms with van der Waals surface area (Å²) in [5, 5.41) is 19.7. The van der Waals surface area contributed by atoms with E-state index in [2.05, 4.69) is 0 Å². The highest BCUT2D eigenvalue weighted by molar-refractivity contribution is 7.90. The standard InChI is InChI=1S/C34H44N2O9S/c1-24(2)44-31-22-27(14-17-29(31)32(39)35-46(41,42)21-9-19-37)25-12-15-28(16-13-25)43-20-18-36(33(40)45-34(3,4)5)23-30(38)26-10-7-6-8-11-26/h6-8,10-17,22,24,30,37-38H,9,18-21,23H2,1-5H3,(H,35,39)/t30-/m0/s1. The first-order valence-electron chi connectivity index (χ1n) is 15.1. The molecule has 0 aliphatic rings. The zero-order valence-electron chi connectivity index (χ0n) is 26.9. The van der Waals surface area contributed by atoms with Gasteiger partial charge < -0.3 is 29.3 Å². The second-order valence-corrected chi connectivity index (χ2v) is 13.8. The van der Waals surface area contributed by atoms with Crippen molar-refractivity contribution in [3.63, 3.8) is 0 Å². The van der Waals surface area contributed by atoms with Gasteiger partial charge in [-0.2, -0.15) is 0 Å². The predicted molar refractivity (Wildman–Crippen MR) is 175 cm³/mol. The molecule has 0 aromatic heterocycles. The fourth-order valence-electron chi connectivity index (χ4n) is 4.33. The van der Waals surface area contributed by atoms with Gasteiger partial charge in [-0.05, 0) is 82.0 Å². The van der Waals surface area contributed by atoms with Gasteiger partial charge >= 0.3 is 6.09 Å². The molecule has 3 rings (SSSR count). The molecule has 0 heterocycles. The molecule has 3 N–H and O–H groups in total. The molecule has 3 aromatic rings. The Hall–Kier alpha value is -4.13. The molecule has 0 saturated heterocycles. The van der Waals surface area contributed by atoms with Crippen molar-refractivity contribution in [3.05, 3.63) is 83.9 Å². The normalized spacial score (nSPS) is 12.3. The maximum absolute atomic E-state index is 12.9. The summed E-state index contributed by atoms with van der Waals surface area (Å²) in [4.78, 5) is 27.1. The van der Waals surface area contributed by atoms with Crippen LogP contribution >= 0.6 is 0 Å². The van der Waals surface area contributed by atoms with Crippen molar-refractivity contribution in [2.24, 2.45) is 0 Å². The van der Waals surface area contributed by atoms with E-state index in [1.165, 1.54) is 11.0 Å². The lowest BCUT2D eigenvalue weighted by atomic mass is 10.0. The van der Waals surface area contributed by atoms with E-state index in [1.54, 1.807) is 71.0 Å². The molecule has 0 fully saturated rings. The van der Waals surface area contributed by atoms with E-state index in [9.17, 15) is 23.1 Å². The Morgan fingerprint density at radius 1 is 0.957 bits per heavy atom. The number of benzene rings is 3. The second-order valence-electron chi connectivity index (χ2n) is 11.9. The van der Waals surface area contributed by atoms with Crippen molar-refractivity contribution in [3.8, 4) is 22.6 Å². The lowest BCUT2D eigenvalue weighted by Gasteiger charge is -2.29. The molecule has 12 heteroatoms. The van der Waals surface area contributed by atoms with Gasteiger partial charge in [0.15, 0.2) is 0 Å². The number of hydrogen-bond donors (Lipinski definition) is 3. The number of amides is 2. The van der Waals surface area contributed by atoms with E-state index in [0.29, 0.717) is 11.3 Å². The Balaban J connectivity index is 1.70. The average Bonchev–Trinajstić information content (AvgIpc) is 2.98. The summed E-state index contributed by atoms with van der Waals surface area (Å²) >= 11 is 0. The third-order valence-electron chi connectivity index (χ3n) is 6.46. The minimum Gasteiger partial charge on any atom is -0.492 e. The Bertz CT molecular complexity index is 1540. The number of ether oxygens (including phenoxy) is 3. The van der Waals surface area contributed by atoms with E-state index in [0.717, 1.165) is 11.1 Å². The van der Waals surface area contributed by atoms with Crippen LogP contribution in [0.4, 0.5) is 4.79 Å². The first-order valence-corrected chi connectivity index (χ1v) is 16.7. The topological polar surface area (TPSA) is 152 Å². The summed E-state index contributed by atoms with van der Waals surface area (Å²) in [6.45, 7) is 8.98. The molecule has 46 heavy (non-hydrogen) atoms. The van der Waals surface area contributed by atoms with Gasteiger partial charge in [0, 0.05) is 6.61 Å². The van der Waals surface area contributed by atoms with Crippen LogP contribution in [0, 0.1) is 0 Å². The second kappa shape index (κ2) is 16.4. The molecule has 0 saturated carbocycles. The van der Waals surface area contributed by atoms with Crippen LogP contribution in [0.2, 0.25) is 0 Å². The number of aliphatic hydroxyl groups excluding tert-OH is 2. The lowest BCUT2D eigenvalue weighted by molar-refractivity contribution is 0.0117. The van der Waals surface area contributed by atoms with Crippen LogP contribution in [-0.2, 0) is 14.8 Å². The fraction of sp³-hybridized carbons (Fsp3) is 0.412. The van der Waals surface area contributed by atoms with E-state index < -0.39 is 33.7 Å². The largest absolute Gasteiger partial charge is 0.492 e. The molecule has 1 atom stereocenters. The van der Waals surface area contributed by atoms with Crippen LogP contribution in [0.15, 0.2) is 72.8 Å². The van der Waals surface area contributed by atoms with Crippen LogP contribution in [0.1, 0.15) is 63.1 Å². The maximum Gasteiger partial charge on any atom is 0.410 e. The van der Waals surface area contributed by atoms with Gasteiger partial charge in [-0.15, -0.1) is 0 Å². The van der Waals surface area contributed by atoms with Gasteiger partial charge in [-0.3, -0.25) is 4.79 Å². The lowest BCUT2D eigenvalue weighted by Crippen LogP contribution is -2.41. The molecule has 11 nitrogen and oxygen atoms in total. The Kier molecular flexibility index (Phi) is 13.0. The summed E-state index contributed by atoms with van der Waals surface area (Å²) in [7, 11) is -3.92. The SMILES string of the molecule is CC(C)Oc1cc(-c2ccc(OCCN(C[C@H](O)c3ccccc3)C(=O)OC(C)(C)C)cc2)ccc1C(=O)NS(=O)(=O)CCCO. The van der Waals surface area contributed by atoms with Gasteiger partial charge in [0.25, 0.3) is 5.91 Å². The molecule has 250 valence electrons. The minimum absolute atomic E-state index is 0.00991. The Morgan fingerprint density at radius 2 is 1.61 bits per heavy atom. The molecule has 0 aliphatic carbocycles. The Morgan fingerprint density at radius 3 is 2.22 bits per heavy atom. The van der Waals surface area contributed by atoms with Crippen molar-refractivity contribution in [2.45, 2.75) is 58.8 Å². The first-order chi connectivity index (χ1) is 21.7. The van der Waals surface area contributed by atoms with E-state index >= 15 is 0 Å². The summed E-state index contributed by atoms with van der Waals surface area (Å²) in [6, 6.07) is 21.1. The van der Waals surface area contributed by atoms with Gasteiger partial charge in [0.1, 0.15) is 23.7 Å². The van der Waals surface area contributed by atoms with Crippen LogP contribution in [0.25, 0.3) is 11.1 Å². The molecule has 0 spiro atoms. The molecule has 2 amide bonds. The number of rotatable bonds is 15. The quantitative estimate of drug-likeness (QED) is 0.207. The number of carbonyl (C=O) groups excluding carboxylic acids is 2. The van der Waals surface area contributed by atoms with Gasteiger partial charge in [-0.1, -0.05) is 48.5 Å². The van der Waals surface area contributed by atoms with Gasteiger partial charge in [0.05, 0.1) is 36.6 Å². The number of hydrogen-bond acceptors (Lipinski definition) is 9. The zero-order chi connectivity index (χ0) is 33.9. The number of sulfonamides is 1. The first kappa shape index (κ1) is 36.3. The molecule has 0 aliphatic heterocycles. The van der Waals surface area contributed by atoms with Crippen LogP contribution in [-0.4, -0.2) is 79.3 Å². The van der Waals surface area contributed by atoms with E-state index in [4.69, 9.17) is 19.3 Å². The molecule has 0 bridgehead atoms. The van der Waals surface area contributed by atoms with Gasteiger partial charge in [0.2, 0.25) is 10.0 Å². The van der Waals surface area contributed by atoms with Crippen LogP contribution in [0.5, 0.6) is 11.5 Å². The number of nitrogens with one attached hydrogen (secondary N) is 1. The molecule has 0 unspecified atom stereocenters. The van der Waals surface area contributed by atoms with Gasteiger partial charge in [-0.25, -0.2) is 17.9 Å². The highest BCUT2D eigenvalue weighted by Gasteiger charge is 2.25. The highest BCUT2D eigenvalue weighted by Crippen LogP contribution is 2.30. The fourth-order valence-corrected chi connectivity index (χ4v) is 5.34. The number of carbonyl (C=O) groups is 2. The Labute approximate surface area is 271 Å². The highest BCUT2D eigenvalue weighted by atomic mass is 32.2. The van der Waals surface area contributed by atoms with Crippen molar-refractivity contribution in [1.82, 2.24) is 9.62 Å². The van der Waals surface area contributed by atoms with Crippen LogP contribution < -0.4 is 14.2 Å². The maximum atomic E-state index is 12.9. The van der Waals surface area contributed by atoms with Crippen LogP contribution in [0.3, 0.4) is 0 Å². The molecular weight excluding hydrogens is 612 g/mol. The van der Waals surface area contributed by atoms with Crippen molar-refractivity contribution < 1.29 is 42.4 Å². The smallest absolute Gasteiger partial charge is 0.410 e. The molecule has 0 radical (unpaired) electrons. The van der Waals surface area contributed by atoms with E-state index in [1.807, 2.05) is 35.1 Å². The van der Waals surface area contributed by atoms with Crippen molar-refractivity contribution in [1.29, 1.82) is 0 Å². The third-order valence-corrected chi connectivity index (χ3v) is 7.78. The summed E-state index contributed by atoms with van der Waals surface area (Å²) < 4.78 is 43.7. The predicted octanol–water partition coefficient (Wildman–Crippen LogP) is 4.93. The molecular formula is C34H44N2O9S. The zero-order valence-corrected chi connectivity index (χ0v) is 27.7. The third kappa shape index (κ3) is 11.7. The van der Waals surface area contributed by atoms with Crippen molar-refractivity contribution in [2.75, 3.05) is 32.1 Å². The summed E-state index contributed by atoms with van der Waals surface area (Å²) in [6.07, 6.45) is -1.72.